The Balaban J connectivity index is 0.000000147. The van der Waals surface area contributed by atoms with Crippen molar-refractivity contribution in [3.8, 4) is 0 Å². The molecule has 0 N–H and O–H groups in total. The number of nitrogens with zero attached hydrogens (tertiary/aromatic N) is 4. The maximum absolute atomic E-state index is 7.68. The van der Waals surface area contributed by atoms with Gasteiger partial charge in [0.15, 0.2) is 16.1 Å². The highest BCUT2D eigenvalue weighted by molar-refractivity contribution is 7.27. The zero-order valence-corrected chi connectivity index (χ0v) is 58.7. The highest BCUT2D eigenvalue weighted by Crippen LogP contribution is 2.49. The average Bonchev–Trinajstić information content (AvgIpc) is 0.662. The Kier molecular flexibility index (Phi) is 15.1. The van der Waals surface area contributed by atoms with Crippen LogP contribution in [0.5, 0.6) is 0 Å². The fraction of sp³-hybridized carbons (Fsp3) is 0.0667. The fourth-order valence-electron chi connectivity index (χ4n) is 17.0. The quantitative estimate of drug-likeness (QED) is 0.141. The van der Waals surface area contributed by atoms with Crippen LogP contribution in [0.1, 0.15) is 33.4 Å². The Morgan fingerprint density at radius 2 is 0.480 bits per heavy atom. The highest BCUT2D eigenvalue weighted by atomic mass is 35.5. The van der Waals surface area contributed by atoms with Crippen LogP contribution in [0.25, 0.3) is 0 Å². The Morgan fingerprint density at radius 3 is 0.806 bits per heavy atom. The van der Waals surface area contributed by atoms with Gasteiger partial charge in [0.25, 0.3) is 6.71 Å². The highest BCUT2D eigenvalue weighted by Gasteiger charge is 2.57. The largest absolute Gasteiger partial charge is 0.311 e. The maximum atomic E-state index is 7.68. The predicted molar refractivity (Wildman–Crippen MR) is 424 cm³/mol. The van der Waals surface area contributed by atoms with Gasteiger partial charge in [0.05, 0.1) is 16.4 Å². The van der Waals surface area contributed by atoms with Crippen LogP contribution < -0.4 is 77.5 Å². The van der Waals surface area contributed by atoms with Gasteiger partial charge in [0.1, 0.15) is 0 Å². The van der Waals surface area contributed by atoms with E-state index in [0.29, 0.717) is 5.02 Å². The molecule has 0 spiro atoms. The van der Waals surface area contributed by atoms with E-state index in [4.69, 9.17) is 11.6 Å². The lowest BCUT2D eigenvalue weighted by atomic mass is 9.33. The lowest BCUT2D eigenvalue weighted by Gasteiger charge is -2.52. The van der Waals surface area contributed by atoms with E-state index in [1.54, 1.807) is 0 Å². The van der Waals surface area contributed by atoms with Crippen LogP contribution in [0.3, 0.4) is 0 Å². The molecule has 0 atom stereocenters. The molecule has 14 aromatic rings. The van der Waals surface area contributed by atoms with E-state index >= 15 is 0 Å². The fourth-order valence-corrected chi connectivity index (χ4v) is 27.7. The van der Waals surface area contributed by atoms with Gasteiger partial charge in [0, 0.05) is 56.9 Å². The van der Waals surface area contributed by atoms with E-state index in [1.807, 2.05) is 0 Å². The summed E-state index contributed by atoms with van der Waals surface area (Å²) in [6, 6.07) is 122. The molecule has 98 heavy (non-hydrogen) atoms. The third-order valence-corrected chi connectivity index (χ3v) is 30.5. The molecule has 0 fully saturated rings. The van der Waals surface area contributed by atoms with E-state index in [1.165, 1.54) is 120 Å². The van der Waals surface area contributed by atoms with Gasteiger partial charge in [0.2, 0.25) is 0 Å². The van der Waals surface area contributed by atoms with Crippen molar-refractivity contribution in [2.75, 3.05) is 19.6 Å². The van der Waals surface area contributed by atoms with Crippen molar-refractivity contribution in [3.05, 3.63) is 366 Å². The first-order valence-electron chi connectivity index (χ1n) is 34.1. The van der Waals surface area contributed by atoms with Gasteiger partial charge in [-0.25, -0.2) is 0 Å². The molecule has 0 saturated carbocycles. The monoisotopic (exact) mass is 1310 g/mol. The zero-order chi connectivity index (χ0) is 66.4. The van der Waals surface area contributed by atoms with E-state index in [9.17, 15) is 0 Å². The molecule has 18 rings (SSSR count). The standard InChI is InChI=1S/C45H35BN2Si.C45H37ClN2Si/c1-30-24-37-43-38(25-30)48(34-18-10-5-11-19-34)40-27-32(3)29-42-45(40)46(43)44-39(47(37)33-16-8-4-9-17-33)26-31(2)28-41(44)49(42,35-20-12-6-13-21-35)36-22-14-7-15-23-36;1-32-24-37-30-41(26-32)49(39-20-12-6-13-21-39,40-22-14-7-15-23-40)42-27-33(2)25-38(31-42)48(36-18-10-5-11-19-36)44-29-34(3)28-43(45(44)46)47(37)35-16-8-4-9-17-35/h4-29H,1-3H3;4-31H,1-3H3. The number of para-hydroxylation sites is 4. The molecule has 14 aromatic carbocycles. The summed E-state index contributed by atoms with van der Waals surface area (Å²) in [6.45, 7) is 13.6. The number of aryl methyl sites for hydroxylation is 6. The predicted octanol–water partition coefficient (Wildman–Crippen LogP) is 16.3. The Morgan fingerprint density at radius 1 is 0.224 bits per heavy atom. The van der Waals surface area contributed by atoms with Gasteiger partial charge in [-0.3, -0.25) is 0 Å². The topological polar surface area (TPSA) is 13.0 Å². The van der Waals surface area contributed by atoms with Crippen LogP contribution in [0.15, 0.2) is 328 Å². The average molecular weight is 1310 g/mol. The minimum Gasteiger partial charge on any atom is -0.311 e. The second kappa shape index (κ2) is 24.3. The number of anilines is 12. The first kappa shape index (κ1) is 60.7. The molecule has 470 valence electrons. The molecule has 4 nitrogen and oxygen atoms in total. The van der Waals surface area contributed by atoms with Crippen molar-refractivity contribution in [2.45, 2.75) is 41.5 Å². The molecule has 4 aliphatic rings. The van der Waals surface area contributed by atoms with Crippen LogP contribution in [0, 0.1) is 41.5 Å². The molecule has 0 amide bonds. The number of rotatable bonds is 8. The first-order chi connectivity index (χ1) is 48.0. The van der Waals surface area contributed by atoms with Crippen molar-refractivity contribution in [2.24, 2.45) is 0 Å². The summed E-state index contributed by atoms with van der Waals surface area (Å²) >= 11 is 7.68. The van der Waals surface area contributed by atoms with Crippen LogP contribution >= 0.6 is 11.6 Å². The Labute approximate surface area is 583 Å². The summed E-state index contributed by atoms with van der Waals surface area (Å²) in [5.74, 6) is 0. The normalized spacial score (nSPS) is 13.9. The van der Waals surface area contributed by atoms with Gasteiger partial charge >= 0.3 is 0 Å². The number of hydrogen-bond acceptors (Lipinski definition) is 4. The number of halogens is 1. The van der Waals surface area contributed by atoms with E-state index in [-0.39, 0.29) is 6.71 Å². The molecule has 0 aromatic heterocycles. The maximum Gasteiger partial charge on any atom is 0.251 e. The van der Waals surface area contributed by atoms with Gasteiger partial charge in [-0.2, -0.15) is 0 Å². The number of fused-ring (bicyclic) bond motifs is 6. The summed E-state index contributed by atoms with van der Waals surface area (Å²) in [4.78, 5) is 9.82. The third kappa shape index (κ3) is 9.69. The van der Waals surface area contributed by atoms with Gasteiger partial charge in [-0.15, -0.1) is 0 Å². The second-order valence-electron chi connectivity index (χ2n) is 27.0. The third-order valence-electron chi connectivity index (χ3n) is 20.6. The van der Waals surface area contributed by atoms with Crippen LogP contribution in [0.2, 0.25) is 5.02 Å². The van der Waals surface area contributed by atoms with Crippen molar-refractivity contribution >= 4 is 161 Å². The Bertz CT molecular complexity index is 5050. The molecule has 4 heterocycles. The van der Waals surface area contributed by atoms with Gasteiger partial charge in [-0.1, -0.05) is 230 Å². The number of benzene rings is 14. The smallest absolute Gasteiger partial charge is 0.251 e. The lowest BCUT2D eigenvalue weighted by molar-refractivity contribution is 1.23. The molecule has 8 heteroatoms. The molecule has 0 unspecified atom stereocenters. The second-order valence-corrected chi connectivity index (χ2v) is 34.9. The van der Waals surface area contributed by atoms with Crippen molar-refractivity contribution in [1.82, 2.24) is 0 Å². The summed E-state index contributed by atoms with van der Waals surface area (Å²) in [5, 5.41) is 11.9. The Hall–Kier alpha value is -10.9. The molecular weight excluding hydrogens is 1240 g/mol. The lowest BCUT2D eigenvalue weighted by Crippen LogP contribution is -2.88. The van der Waals surface area contributed by atoms with Crippen LogP contribution in [-0.4, -0.2) is 22.9 Å². The summed E-state index contributed by atoms with van der Waals surface area (Å²) in [7, 11) is -5.76. The van der Waals surface area contributed by atoms with E-state index in [2.05, 4.69) is 389 Å². The zero-order valence-electron chi connectivity index (χ0n) is 55.9. The molecule has 0 aliphatic carbocycles. The summed E-state index contributed by atoms with van der Waals surface area (Å²) in [6.07, 6.45) is 0. The van der Waals surface area contributed by atoms with Crippen LogP contribution in [0.4, 0.5) is 68.2 Å². The van der Waals surface area contributed by atoms with Crippen molar-refractivity contribution in [3.63, 3.8) is 0 Å². The van der Waals surface area contributed by atoms with Gasteiger partial charge in [-0.05, 0) is 242 Å². The molecule has 4 aliphatic heterocycles. The number of hydrogen-bond donors (Lipinski definition) is 0. The summed E-state index contributed by atoms with van der Waals surface area (Å²) in [5.41, 5.74) is 25.5. The molecular formula is C90H72BClN4Si2. The van der Waals surface area contributed by atoms with E-state index < -0.39 is 16.1 Å². The molecule has 6 bridgehead atoms. The van der Waals surface area contributed by atoms with E-state index in [0.717, 1.165) is 39.7 Å². The molecule has 0 saturated heterocycles. The minimum atomic E-state index is -2.91. The van der Waals surface area contributed by atoms with Crippen molar-refractivity contribution in [1.29, 1.82) is 0 Å². The van der Waals surface area contributed by atoms with Crippen molar-refractivity contribution < 1.29 is 0 Å². The SMILES string of the molecule is Cc1cc2c3c(c1)N(c1ccccc1)c1cc(C)cc4c1B3c1c(cc(C)cc1[Si]4(c1ccccc1)c1ccccc1)N2c1ccccc1.Cc1cc2cc(c1)[Si](c1ccccc1)(c1ccccc1)c1cc(C)cc(c1)N(c1ccccc1)c1cc(C)cc(c1Cl)N2c1ccccc1. The van der Waals surface area contributed by atoms with Gasteiger partial charge < -0.3 is 19.6 Å². The van der Waals surface area contributed by atoms with Crippen LogP contribution in [-0.2, 0) is 0 Å². The minimum absolute atomic E-state index is 0.120. The summed E-state index contributed by atoms with van der Waals surface area (Å²) < 4.78 is 0. The molecule has 0 radical (unpaired) electrons. The first-order valence-corrected chi connectivity index (χ1v) is 38.5.